The van der Waals surface area contributed by atoms with Crippen molar-refractivity contribution in [2.45, 2.75) is 76.4 Å². The van der Waals surface area contributed by atoms with Crippen LogP contribution < -0.4 is 11.1 Å². The summed E-state index contributed by atoms with van der Waals surface area (Å²) in [6.07, 6.45) is 1.18. The number of anilines is 1. The summed E-state index contributed by atoms with van der Waals surface area (Å²) >= 11 is 0. The van der Waals surface area contributed by atoms with Crippen LogP contribution in [0.15, 0.2) is 6.33 Å². The number of ether oxygens (including phenoxy) is 2. The van der Waals surface area contributed by atoms with E-state index in [2.05, 4.69) is 20.3 Å². The smallest absolute Gasteiger partial charge is 0.409 e. The Kier molecular flexibility index (Phi) is 8.47. The van der Waals surface area contributed by atoms with Crippen LogP contribution in [0.25, 0.3) is 11.2 Å². The van der Waals surface area contributed by atoms with Gasteiger partial charge in [0.15, 0.2) is 23.8 Å². The number of rotatable bonds is 9. The van der Waals surface area contributed by atoms with E-state index >= 15 is 0 Å². The highest BCUT2D eigenvalue weighted by molar-refractivity contribution is 5.84. The molecular weight excluding hydrogens is 522 g/mol. The van der Waals surface area contributed by atoms with Gasteiger partial charge in [0.1, 0.15) is 29.3 Å². The van der Waals surface area contributed by atoms with Gasteiger partial charge in [-0.1, -0.05) is 0 Å². The number of amides is 2. The van der Waals surface area contributed by atoms with Crippen LogP contribution in [-0.2, 0) is 25.5 Å². The number of piperidine rings is 1. The summed E-state index contributed by atoms with van der Waals surface area (Å²) < 4.78 is 12.6. The van der Waals surface area contributed by atoms with Gasteiger partial charge in [-0.3, -0.25) is 14.2 Å². The third-order valence-corrected chi connectivity index (χ3v) is 7.98. The molecule has 40 heavy (non-hydrogen) atoms. The molecule has 4 heterocycles. The van der Waals surface area contributed by atoms with E-state index in [1.165, 1.54) is 10.9 Å². The number of carbonyl (C=O) groups is 3. The number of aliphatic hydroxyl groups is 2. The molecule has 0 radical (unpaired) electrons. The number of fused-ring (bicyclic) bond motifs is 1. The van der Waals surface area contributed by atoms with E-state index in [4.69, 9.17) is 15.2 Å². The van der Waals surface area contributed by atoms with Crippen molar-refractivity contribution in [3.8, 4) is 0 Å². The van der Waals surface area contributed by atoms with Gasteiger partial charge in [-0.05, 0) is 38.5 Å². The zero-order valence-electron chi connectivity index (χ0n) is 22.6. The van der Waals surface area contributed by atoms with Crippen molar-refractivity contribution in [3.05, 3.63) is 12.2 Å². The lowest BCUT2D eigenvalue weighted by molar-refractivity contribution is -0.137. The molecule has 2 saturated heterocycles. The van der Waals surface area contributed by atoms with E-state index < -0.39 is 30.4 Å². The minimum absolute atomic E-state index is 0.176. The molecular formula is C26H37N7O7. The lowest BCUT2D eigenvalue weighted by Crippen LogP contribution is -2.42. The number of aliphatic hydroxyl groups excluding tert-OH is 2. The standard InChI is InChI=1S/C26H37N7O7/c1-2-28-24(37)21-19(35)20(36)25(40-21)33-13-29-18-22(27)30-17(31-23(18)33)5-3-4-14-6-8-32(9-7-14)26(38)39-12-15-10-16(34)11-15/h13-15,19-21,25,35-36H,2-12H2,1H3,(H,28,37)(H2,27,30,31)/t19-,20?,21+,25-/m1/s1. The second kappa shape index (κ2) is 12.0. The number of carbonyl (C=O) groups excluding carboxylic acids is 3. The van der Waals surface area contributed by atoms with Gasteiger partial charge in [-0.2, -0.15) is 0 Å². The van der Waals surface area contributed by atoms with Gasteiger partial charge >= 0.3 is 6.09 Å². The highest BCUT2D eigenvalue weighted by Crippen LogP contribution is 2.32. The van der Waals surface area contributed by atoms with Crippen LogP contribution in [0.5, 0.6) is 0 Å². The van der Waals surface area contributed by atoms with Crippen LogP contribution in [0, 0.1) is 11.8 Å². The molecule has 3 fully saturated rings. The van der Waals surface area contributed by atoms with Gasteiger partial charge in [0, 0.05) is 44.8 Å². The summed E-state index contributed by atoms with van der Waals surface area (Å²) in [5.74, 6) is 1.09. The number of Topliss-reactive ketones (excluding diaryl/α,β-unsaturated/α-hetero) is 1. The number of likely N-dealkylation sites (tertiary alicyclic amines) is 1. The first-order chi connectivity index (χ1) is 19.2. The predicted octanol–water partition coefficient (Wildman–Crippen LogP) is 0.314. The average molecular weight is 560 g/mol. The fraction of sp³-hybridized carbons (Fsp3) is 0.692. The Hall–Kier alpha value is -3.36. The number of imidazole rings is 1. The molecule has 0 spiro atoms. The Morgan fingerprint density at radius 3 is 2.62 bits per heavy atom. The highest BCUT2D eigenvalue weighted by atomic mass is 16.6. The summed E-state index contributed by atoms with van der Waals surface area (Å²) in [5, 5.41) is 23.6. The number of nitrogens with zero attached hydrogens (tertiary/aromatic N) is 5. The number of nitrogens with two attached hydrogens (primary N) is 1. The molecule has 0 aromatic carbocycles. The van der Waals surface area contributed by atoms with Crippen molar-refractivity contribution < 1.29 is 34.1 Å². The number of ketones is 1. The molecule has 1 unspecified atom stereocenters. The number of hydrogen-bond acceptors (Lipinski definition) is 11. The van der Waals surface area contributed by atoms with Crippen molar-refractivity contribution in [1.82, 2.24) is 29.7 Å². The van der Waals surface area contributed by atoms with Crippen LogP contribution in [0.3, 0.4) is 0 Å². The van der Waals surface area contributed by atoms with Crippen molar-refractivity contribution in [2.24, 2.45) is 11.8 Å². The first kappa shape index (κ1) is 28.2. The second-order valence-corrected chi connectivity index (χ2v) is 10.9. The predicted molar refractivity (Wildman–Crippen MR) is 141 cm³/mol. The number of aryl methyl sites for hydroxylation is 1. The normalized spacial score (nSPS) is 25.8. The number of aromatic nitrogens is 4. The molecule has 2 aliphatic heterocycles. The topological polar surface area (TPSA) is 195 Å². The molecule has 2 amide bonds. The number of likely N-dealkylation sites (N-methyl/N-ethyl adjacent to an activating group) is 1. The molecule has 5 rings (SSSR count). The molecule has 4 atom stereocenters. The Labute approximate surface area is 231 Å². The van der Waals surface area contributed by atoms with Crippen molar-refractivity contribution in [3.63, 3.8) is 0 Å². The Balaban J connectivity index is 1.14. The lowest BCUT2D eigenvalue weighted by atomic mass is 9.85. The molecule has 2 aromatic rings. The minimum Gasteiger partial charge on any atom is -0.449 e. The van der Waals surface area contributed by atoms with E-state index in [1.807, 2.05) is 0 Å². The summed E-state index contributed by atoms with van der Waals surface area (Å²) in [7, 11) is 0. The lowest BCUT2D eigenvalue weighted by Gasteiger charge is -2.32. The van der Waals surface area contributed by atoms with Crippen molar-refractivity contribution in [2.75, 3.05) is 32.0 Å². The van der Waals surface area contributed by atoms with Crippen LogP contribution in [-0.4, -0.2) is 97.0 Å². The van der Waals surface area contributed by atoms with Crippen LogP contribution >= 0.6 is 0 Å². The van der Waals surface area contributed by atoms with E-state index in [9.17, 15) is 24.6 Å². The maximum absolute atomic E-state index is 12.3. The molecule has 218 valence electrons. The maximum Gasteiger partial charge on any atom is 0.409 e. The summed E-state index contributed by atoms with van der Waals surface area (Å²) in [6.45, 7) is 3.73. The largest absolute Gasteiger partial charge is 0.449 e. The van der Waals surface area contributed by atoms with Gasteiger partial charge in [-0.25, -0.2) is 19.7 Å². The summed E-state index contributed by atoms with van der Waals surface area (Å²) in [4.78, 5) is 50.7. The number of nitrogen functional groups attached to an aromatic ring is 1. The van der Waals surface area contributed by atoms with Gasteiger partial charge in [0.25, 0.3) is 5.91 Å². The fourth-order valence-electron chi connectivity index (χ4n) is 5.60. The number of hydrogen-bond donors (Lipinski definition) is 4. The molecule has 3 aliphatic rings. The molecule has 1 aliphatic carbocycles. The molecule has 2 aromatic heterocycles. The second-order valence-electron chi connectivity index (χ2n) is 10.9. The van der Waals surface area contributed by atoms with Gasteiger partial charge in [0.2, 0.25) is 0 Å². The first-order valence-corrected chi connectivity index (χ1v) is 14.0. The van der Waals surface area contributed by atoms with Gasteiger partial charge < -0.3 is 35.6 Å². The number of nitrogens with one attached hydrogen (secondary N) is 1. The minimum atomic E-state index is -1.41. The highest BCUT2D eigenvalue weighted by Gasteiger charge is 2.47. The fourth-order valence-corrected chi connectivity index (χ4v) is 5.60. The zero-order valence-corrected chi connectivity index (χ0v) is 22.6. The third-order valence-electron chi connectivity index (χ3n) is 7.98. The SMILES string of the molecule is CCNC(=O)[C@H]1O[C@@H](n2cnc3c(N)nc(CCCC4CCN(C(=O)OCC5CC(=O)C5)CC4)nc32)C(O)[C@H]1O. The van der Waals surface area contributed by atoms with Crippen LogP contribution in [0.2, 0.25) is 0 Å². The molecule has 1 saturated carbocycles. The van der Waals surface area contributed by atoms with Crippen molar-refractivity contribution >= 4 is 34.8 Å². The Bertz CT molecular complexity index is 1240. The third kappa shape index (κ3) is 5.88. The first-order valence-electron chi connectivity index (χ1n) is 14.0. The monoisotopic (exact) mass is 559 g/mol. The van der Waals surface area contributed by atoms with Crippen LogP contribution in [0.4, 0.5) is 10.6 Å². The Morgan fingerprint density at radius 1 is 1.18 bits per heavy atom. The molecule has 14 nitrogen and oxygen atoms in total. The molecule has 14 heteroatoms. The molecule has 5 N–H and O–H groups in total. The van der Waals surface area contributed by atoms with E-state index in [0.29, 0.717) is 68.4 Å². The summed E-state index contributed by atoms with van der Waals surface area (Å²) in [6, 6.07) is 0. The van der Waals surface area contributed by atoms with E-state index in [0.717, 1.165) is 25.7 Å². The van der Waals surface area contributed by atoms with E-state index in [1.54, 1.807) is 11.8 Å². The van der Waals surface area contributed by atoms with Crippen molar-refractivity contribution in [1.29, 1.82) is 0 Å². The van der Waals surface area contributed by atoms with Gasteiger partial charge in [0.05, 0.1) is 12.9 Å². The Morgan fingerprint density at radius 2 is 1.93 bits per heavy atom. The average Bonchev–Trinajstić information content (AvgIpc) is 3.47. The van der Waals surface area contributed by atoms with E-state index in [-0.39, 0.29) is 23.6 Å². The quantitative estimate of drug-likeness (QED) is 0.330. The van der Waals surface area contributed by atoms with Crippen LogP contribution in [0.1, 0.15) is 57.5 Å². The molecule has 0 bridgehead atoms. The zero-order chi connectivity index (χ0) is 28.4. The summed E-state index contributed by atoms with van der Waals surface area (Å²) in [5.41, 5.74) is 6.86. The maximum atomic E-state index is 12.3. The van der Waals surface area contributed by atoms with Gasteiger partial charge in [-0.15, -0.1) is 0 Å².